The smallest absolute Gasteiger partial charge is 0.413 e. The summed E-state index contributed by atoms with van der Waals surface area (Å²) in [7, 11) is 1.25. The molecule has 1 saturated heterocycles. The van der Waals surface area contributed by atoms with Gasteiger partial charge < -0.3 is 14.6 Å². The van der Waals surface area contributed by atoms with E-state index in [2.05, 4.69) is 4.74 Å². The van der Waals surface area contributed by atoms with Crippen LogP contribution in [0, 0.1) is 0 Å². The lowest BCUT2D eigenvalue weighted by Gasteiger charge is -2.29. The molecule has 1 fully saturated rings. The van der Waals surface area contributed by atoms with Crippen molar-refractivity contribution in [3.05, 3.63) is 0 Å². The van der Waals surface area contributed by atoms with Gasteiger partial charge in [0.25, 0.3) is 0 Å². The Hall–Kier alpha value is -1.30. The molecule has 6 heteroatoms. The Labute approximate surface area is 100 Å². The third-order valence-electron chi connectivity index (χ3n) is 2.43. The van der Waals surface area contributed by atoms with Crippen molar-refractivity contribution in [1.29, 1.82) is 0 Å². The van der Waals surface area contributed by atoms with Crippen LogP contribution in [0.2, 0.25) is 0 Å². The average molecular weight is 245 g/mol. The quantitative estimate of drug-likeness (QED) is 0.694. The summed E-state index contributed by atoms with van der Waals surface area (Å²) >= 11 is 0. The first-order valence-electron chi connectivity index (χ1n) is 5.53. The Balaban J connectivity index is 2.78. The summed E-state index contributed by atoms with van der Waals surface area (Å²) in [5.41, 5.74) is -0.667. The number of carbonyl (C=O) groups excluding carboxylic acids is 2. The molecule has 1 amide bonds. The molecule has 1 unspecified atom stereocenters. The third-order valence-corrected chi connectivity index (χ3v) is 2.43. The van der Waals surface area contributed by atoms with Crippen LogP contribution in [0.1, 0.15) is 33.6 Å². The monoisotopic (exact) mass is 245 g/mol. The second kappa shape index (κ2) is 4.91. The van der Waals surface area contributed by atoms with E-state index in [4.69, 9.17) is 4.74 Å². The van der Waals surface area contributed by atoms with E-state index in [0.29, 0.717) is 12.8 Å². The van der Waals surface area contributed by atoms with Crippen LogP contribution < -0.4 is 0 Å². The van der Waals surface area contributed by atoms with Crippen LogP contribution in [-0.2, 0) is 14.3 Å². The molecule has 0 radical (unpaired) electrons. The van der Waals surface area contributed by atoms with Crippen molar-refractivity contribution < 1.29 is 24.2 Å². The maximum Gasteiger partial charge on any atom is 0.413 e. The van der Waals surface area contributed by atoms with Crippen molar-refractivity contribution in [3.8, 4) is 0 Å². The van der Waals surface area contributed by atoms with Crippen molar-refractivity contribution in [1.82, 2.24) is 4.90 Å². The molecule has 0 aliphatic carbocycles. The highest BCUT2D eigenvalue weighted by Gasteiger charge is 2.42. The van der Waals surface area contributed by atoms with Gasteiger partial charge in [0.2, 0.25) is 0 Å². The molecular weight excluding hydrogens is 226 g/mol. The first kappa shape index (κ1) is 13.8. The van der Waals surface area contributed by atoms with Gasteiger partial charge in [0.15, 0.2) is 0 Å². The minimum atomic E-state index is -0.992. The molecule has 1 heterocycles. The van der Waals surface area contributed by atoms with Crippen LogP contribution in [0.5, 0.6) is 0 Å². The Kier molecular flexibility index (Phi) is 3.98. The van der Waals surface area contributed by atoms with Gasteiger partial charge in [-0.25, -0.2) is 9.59 Å². The van der Waals surface area contributed by atoms with Gasteiger partial charge in [-0.2, -0.15) is 0 Å². The molecule has 0 aromatic heterocycles. The van der Waals surface area contributed by atoms with Crippen molar-refractivity contribution in [2.75, 3.05) is 7.11 Å². The van der Waals surface area contributed by atoms with E-state index in [0.717, 1.165) is 4.90 Å². The summed E-state index contributed by atoms with van der Waals surface area (Å²) in [6.07, 6.45) is -0.960. The molecule has 0 bridgehead atoms. The van der Waals surface area contributed by atoms with Gasteiger partial charge in [-0.05, 0) is 33.6 Å². The van der Waals surface area contributed by atoms with Gasteiger partial charge in [-0.3, -0.25) is 4.90 Å². The molecule has 1 N–H and O–H groups in total. The number of aliphatic hydroxyl groups is 1. The highest BCUT2D eigenvalue weighted by atomic mass is 16.6. The number of ether oxygens (including phenoxy) is 2. The zero-order valence-electron chi connectivity index (χ0n) is 10.6. The summed E-state index contributed by atoms with van der Waals surface area (Å²) in [4.78, 5) is 24.3. The summed E-state index contributed by atoms with van der Waals surface area (Å²) in [6, 6.07) is -0.759. The molecule has 0 spiro atoms. The number of aliphatic hydroxyl groups excluding tert-OH is 1. The van der Waals surface area contributed by atoms with Crippen molar-refractivity contribution in [2.24, 2.45) is 0 Å². The van der Waals surface area contributed by atoms with Crippen molar-refractivity contribution in [2.45, 2.75) is 51.5 Å². The molecule has 17 heavy (non-hydrogen) atoms. The fourth-order valence-electron chi connectivity index (χ4n) is 1.72. The maximum absolute atomic E-state index is 11.8. The molecular formula is C11H19NO5. The van der Waals surface area contributed by atoms with E-state index in [1.807, 2.05) is 0 Å². The third kappa shape index (κ3) is 3.33. The van der Waals surface area contributed by atoms with E-state index in [1.54, 1.807) is 20.8 Å². The zero-order chi connectivity index (χ0) is 13.2. The predicted octanol–water partition coefficient (Wildman–Crippen LogP) is 0.877. The fraction of sp³-hybridized carbons (Fsp3) is 0.818. The number of amides is 1. The van der Waals surface area contributed by atoms with Crippen molar-refractivity contribution >= 4 is 12.1 Å². The predicted molar refractivity (Wildman–Crippen MR) is 59.1 cm³/mol. The summed E-state index contributed by atoms with van der Waals surface area (Å²) in [5.74, 6) is -0.535. The lowest BCUT2D eigenvalue weighted by atomic mass is 10.2. The largest absolute Gasteiger partial charge is 0.467 e. The molecule has 0 aromatic carbocycles. The van der Waals surface area contributed by atoms with Crippen LogP contribution in [0.3, 0.4) is 0 Å². The SMILES string of the molecule is COC(=O)[C@H]1CCC(O)N1C(=O)OC(C)(C)C. The van der Waals surface area contributed by atoms with E-state index < -0.39 is 29.9 Å². The van der Waals surface area contributed by atoms with Gasteiger partial charge in [-0.1, -0.05) is 0 Å². The molecule has 1 rings (SSSR count). The number of carbonyl (C=O) groups is 2. The average Bonchev–Trinajstić information content (AvgIpc) is 2.56. The number of rotatable bonds is 1. The minimum absolute atomic E-state index is 0.346. The zero-order valence-corrected chi connectivity index (χ0v) is 10.6. The molecule has 6 nitrogen and oxygen atoms in total. The molecule has 1 aliphatic heterocycles. The molecule has 2 atom stereocenters. The fourth-order valence-corrected chi connectivity index (χ4v) is 1.72. The number of esters is 1. The Morgan fingerprint density at radius 1 is 1.29 bits per heavy atom. The number of methoxy groups -OCH3 is 1. The van der Waals surface area contributed by atoms with Crippen LogP contribution in [0.15, 0.2) is 0 Å². The van der Waals surface area contributed by atoms with Gasteiger partial charge in [0.1, 0.15) is 17.9 Å². The normalized spacial score (nSPS) is 24.6. The minimum Gasteiger partial charge on any atom is -0.467 e. The van der Waals surface area contributed by atoms with E-state index >= 15 is 0 Å². The molecule has 0 aromatic rings. The van der Waals surface area contributed by atoms with Gasteiger partial charge >= 0.3 is 12.1 Å². The second-order valence-corrected chi connectivity index (χ2v) is 4.98. The van der Waals surface area contributed by atoms with E-state index in [-0.39, 0.29) is 0 Å². The molecule has 0 saturated carbocycles. The number of likely N-dealkylation sites (tertiary alicyclic amines) is 1. The highest BCUT2D eigenvalue weighted by molar-refractivity contribution is 5.82. The van der Waals surface area contributed by atoms with E-state index in [9.17, 15) is 14.7 Å². The number of hydrogen-bond donors (Lipinski definition) is 1. The van der Waals surface area contributed by atoms with Gasteiger partial charge in [0, 0.05) is 0 Å². The number of nitrogens with zero attached hydrogens (tertiary/aromatic N) is 1. The Morgan fingerprint density at radius 2 is 1.88 bits per heavy atom. The second-order valence-electron chi connectivity index (χ2n) is 4.98. The number of hydrogen-bond acceptors (Lipinski definition) is 5. The molecule has 98 valence electrons. The molecule has 1 aliphatic rings. The summed E-state index contributed by atoms with van der Waals surface area (Å²) in [5, 5.41) is 9.69. The Bertz CT molecular complexity index is 309. The highest BCUT2D eigenvalue weighted by Crippen LogP contribution is 2.25. The maximum atomic E-state index is 11.8. The van der Waals surface area contributed by atoms with Crippen LogP contribution in [-0.4, -0.2) is 47.0 Å². The standard InChI is InChI=1S/C11H19NO5/c1-11(2,3)17-10(15)12-7(9(14)16-4)5-6-8(12)13/h7-8,13H,5-6H2,1-4H3/t7-,8?/m1/s1. The first-order chi connectivity index (χ1) is 7.76. The van der Waals surface area contributed by atoms with Gasteiger partial charge in [0.05, 0.1) is 7.11 Å². The lowest BCUT2D eigenvalue weighted by molar-refractivity contribution is -0.147. The van der Waals surface area contributed by atoms with E-state index in [1.165, 1.54) is 7.11 Å². The topological polar surface area (TPSA) is 76.1 Å². The van der Waals surface area contributed by atoms with Gasteiger partial charge in [-0.15, -0.1) is 0 Å². The lowest BCUT2D eigenvalue weighted by Crippen LogP contribution is -2.47. The van der Waals surface area contributed by atoms with Crippen molar-refractivity contribution in [3.63, 3.8) is 0 Å². The van der Waals surface area contributed by atoms with Crippen LogP contribution >= 0.6 is 0 Å². The first-order valence-corrected chi connectivity index (χ1v) is 5.53. The Morgan fingerprint density at radius 3 is 2.35 bits per heavy atom. The summed E-state index contributed by atoms with van der Waals surface area (Å²) < 4.78 is 9.73. The summed E-state index contributed by atoms with van der Waals surface area (Å²) in [6.45, 7) is 5.17. The van der Waals surface area contributed by atoms with Crippen LogP contribution in [0.4, 0.5) is 4.79 Å². The van der Waals surface area contributed by atoms with Crippen LogP contribution in [0.25, 0.3) is 0 Å².